The molecule has 110 valence electrons. The van der Waals surface area contributed by atoms with E-state index in [-0.39, 0.29) is 18.4 Å². The summed E-state index contributed by atoms with van der Waals surface area (Å²) < 4.78 is 2.41. The molecule has 0 aliphatic heterocycles. The zero-order valence-electron chi connectivity index (χ0n) is 11.7. The molecule has 0 aliphatic carbocycles. The summed E-state index contributed by atoms with van der Waals surface area (Å²) in [6, 6.07) is 9.03. The molecule has 0 atom stereocenters. The lowest BCUT2D eigenvalue weighted by Crippen LogP contribution is -2.43. The summed E-state index contributed by atoms with van der Waals surface area (Å²) in [6.07, 6.45) is 0. The number of nitrogens with one attached hydrogen (secondary N) is 2. The quantitative estimate of drug-likeness (QED) is 0.609. The normalized spacial score (nSPS) is 10.2. The molecule has 0 aliphatic rings. The van der Waals surface area contributed by atoms with Crippen LogP contribution in [0.2, 0.25) is 0 Å². The van der Waals surface area contributed by atoms with Crippen LogP contribution in [0.25, 0.3) is 0 Å². The number of halogens is 1. The van der Waals surface area contributed by atoms with Crippen LogP contribution in [-0.2, 0) is 11.3 Å². The smallest absolute Gasteiger partial charge is 0.270 e. The molecular formula is C14H15IN4O2. The van der Waals surface area contributed by atoms with Gasteiger partial charge in [-0.1, -0.05) is 12.1 Å². The second-order valence-electron chi connectivity index (χ2n) is 4.57. The lowest BCUT2D eigenvalue weighted by Gasteiger charge is -2.09. The van der Waals surface area contributed by atoms with E-state index >= 15 is 0 Å². The van der Waals surface area contributed by atoms with Crippen molar-refractivity contribution in [2.75, 3.05) is 0 Å². The standard InChI is InChI=1S/C14H15IN4O2/c1-9-7-10(2)19(18-9)8-13(20)16-17-14(21)11-5-3-4-6-12(11)15/h3-7H,8H2,1-2H3,(H,16,20)(H,17,21). The van der Waals surface area contributed by atoms with Gasteiger partial charge in [0.15, 0.2) is 0 Å². The third-order valence-corrected chi connectivity index (χ3v) is 3.77. The molecule has 0 unspecified atom stereocenters. The summed E-state index contributed by atoms with van der Waals surface area (Å²) in [5.41, 5.74) is 7.06. The van der Waals surface area contributed by atoms with Crippen LogP contribution < -0.4 is 10.9 Å². The number of carbonyl (C=O) groups is 2. The van der Waals surface area contributed by atoms with Crippen LogP contribution in [0.15, 0.2) is 30.3 Å². The van der Waals surface area contributed by atoms with E-state index in [0.717, 1.165) is 15.0 Å². The van der Waals surface area contributed by atoms with E-state index in [9.17, 15) is 9.59 Å². The van der Waals surface area contributed by atoms with Crippen molar-refractivity contribution >= 4 is 34.4 Å². The zero-order chi connectivity index (χ0) is 15.4. The Labute approximate surface area is 136 Å². The van der Waals surface area contributed by atoms with Gasteiger partial charge in [0.1, 0.15) is 6.54 Å². The number of nitrogens with zero attached hydrogens (tertiary/aromatic N) is 2. The van der Waals surface area contributed by atoms with Crippen molar-refractivity contribution in [1.82, 2.24) is 20.6 Å². The summed E-state index contributed by atoms with van der Waals surface area (Å²) in [5.74, 6) is -0.679. The third-order valence-electron chi connectivity index (χ3n) is 2.83. The van der Waals surface area contributed by atoms with Gasteiger partial charge in [0.25, 0.3) is 11.8 Å². The molecule has 6 nitrogen and oxygen atoms in total. The first kappa shape index (κ1) is 15.5. The largest absolute Gasteiger partial charge is 0.271 e. The molecule has 2 aromatic rings. The number of benzene rings is 1. The first-order valence-electron chi connectivity index (χ1n) is 6.32. The second-order valence-corrected chi connectivity index (χ2v) is 5.73. The van der Waals surface area contributed by atoms with Crippen molar-refractivity contribution in [1.29, 1.82) is 0 Å². The van der Waals surface area contributed by atoms with E-state index in [2.05, 4.69) is 38.5 Å². The maximum absolute atomic E-state index is 11.9. The first-order chi connectivity index (χ1) is 9.97. The molecule has 2 amide bonds. The molecule has 7 heteroatoms. The molecule has 1 aromatic carbocycles. The molecule has 0 bridgehead atoms. The number of hydrogen-bond donors (Lipinski definition) is 2. The van der Waals surface area contributed by atoms with Crippen LogP contribution in [0.4, 0.5) is 0 Å². The van der Waals surface area contributed by atoms with Crippen molar-refractivity contribution in [3.8, 4) is 0 Å². The van der Waals surface area contributed by atoms with Gasteiger partial charge in [0, 0.05) is 9.26 Å². The molecular weight excluding hydrogens is 383 g/mol. The minimum absolute atomic E-state index is 0.0613. The molecule has 0 saturated heterocycles. The monoisotopic (exact) mass is 398 g/mol. The Morgan fingerprint density at radius 2 is 1.95 bits per heavy atom. The second kappa shape index (κ2) is 6.70. The van der Waals surface area contributed by atoms with Crippen LogP contribution in [0.1, 0.15) is 21.7 Å². The number of carbonyl (C=O) groups excluding carboxylic acids is 2. The number of aromatic nitrogens is 2. The van der Waals surface area contributed by atoms with Crippen molar-refractivity contribution in [3.63, 3.8) is 0 Å². The van der Waals surface area contributed by atoms with E-state index < -0.39 is 0 Å². The minimum atomic E-state index is -0.346. The lowest BCUT2D eigenvalue weighted by molar-refractivity contribution is -0.122. The molecule has 0 fully saturated rings. The summed E-state index contributed by atoms with van der Waals surface area (Å²) in [4.78, 5) is 23.7. The maximum Gasteiger partial charge on any atom is 0.270 e. The third kappa shape index (κ3) is 4.03. The SMILES string of the molecule is Cc1cc(C)n(CC(=O)NNC(=O)c2ccccc2I)n1. The summed E-state index contributed by atoms with van der Waals surface area (Å²) >= 11 is 2.07. The molecule has 0 radical (unpaired) electrons. The van der Waals surface area contributed by atoms with E-state index in [0.29, 0.717) is 5.56 Å². The highest BCUT2D eigenvalue weighted by atomic mass is 127. The number of hydrogen-bond acceptors (Lipinski definition) is 3. The maximum atomic E-state index is 11.9. The molecule has 0 spiro atoms. The van der Waals surface area contributed by atoms with Crippen LogP contribution in [0.5, 0.6) is 0 Å². The van der Waals surface area contributed by atoms with E-state index in [1.54, 1.807) is 16.8 Å². The van der Waals surface area contributed by atoms with Gasteiger partial charge in [-0.2, -0.15) is 5.10 Å². The fourth-order valence-electron chi connectivity index (χ4n) is 1.85. The van der Waals surface area contributed by atoms with Crippen LogP contribution in [-0.4, -0.2) is 21.6 Å². The van der Waals surface area contributed by atoms with Gasteiger partial charge in [-0.25, -0.2) is 0 Å². The summed E-state index contributed by atoms with van der Waals surface area (Å²) in [6.45, 7) is 3.80. The summed E-state index contributed by atoms with van der Waals surface area (Å²) in [5, 5.41) is 4.19. The summed E-state index contributed by atoms with van der Waals surface area (Å²) in [7, 11) is 0. The van der Waals surface area contributed by atoms with Crippen LogP contribution in [0.3, 0.4) is 0 Å². The van der Waals surface area contributed by atoms with Crippen LogP contribution in [0, 0.1) is 17.4 Å². The highest BCUT2D eigenvalue weighted by molar-refractivity contribution is 14.1. The van der Waals surface area contributed by atoms with Gasteiger partial charge in [-0.15, -0.1) is 0 Å². The molecule has 2 N–H and O–H groups in total. The Hall–Kier alpha value is -1.90. The van der Waals surface area contributed by atoms with Gasteiger partial charge in [-0.05, 0) is 54.6 Å². The zero-order valence-corrected chi connectivity index (χ0v) is 13.8. The molecule has 1 aromatic heterocycles. The van der Waals surface area contributed by atoms with Gasteiger partial charge in [0.2, 0.25) is 0 Å². The lowest BCUT2D eigenvalue weighted by atomic mass is 10.2. The Balaban J connectivity index is 1.91. The van der Waals surface area contributed by atoms with Crippen molar-refractivity contribution < 1.29 is 9.59 Å². The van der Waals surface area contributed by atoms with Crippen molar-refractivity contribution in [2.45, 2.75) is 20.4 Å². The number of hydrazine groups is 1. The van der Waals surface area contributed by atoms with Crippen molar-refractivity contribution in [2.24, 2.45) is 0 Å². The van der Waals surface area contributed by atoms with Crippen LogP contribution >= 0.6 is 22.6 Å². The topological polar surface area (TPSA) is 76.0 Å². The van der Waals surface area contributed by atoms with E-state index in [1.165, 1.54) is 0 Å². The fraction of sp³-hybridized carbons (Fsp3) is 0.214. The highest BCUT2D eigenvalue weighted by Gasteiger charge is 2.11. The number of rotatable bonds is 3. The Morgan fingerprint density at radius 3 is 2.57 bits per heavy atom. The molecule has 0 saturated carbocycles. The predicted molar refractivity (Wildman–Crippen MR) is 86.5 cm³/mol. The number of aryl methyl sites for hydroxylation is 2. The molecule has 2 rings (SSSR count). The highest BCUT2D eigenvalue weighted by Crippen LogP contribution is 2.10. The van der Waals surface area contributed by atoms with Gasteiger partial charge in [-0.3, -0.25) is 25.1 Å². The number of amides is 2. The van der Waals surface area contributed by atoms with E-state index in [4.69, 9.17) is 0 Å². The average molecular weight is 398 g/mol. The van der Waals surface area contributed by atoms with E-state index in [1.807, 2.05) is 32.0 Å². The minimum Gasteiger partial charge on any atom is -0.271 e. The van der Waals surface area contributed by atoms with Crippen molar-refractivity contribution in [3.05, 3.63) is 50.9 Å². The van der Waals surface area contributed by atoms with Gasteiger partial charge < -0.3 is 0 Å². The van der Waals surface area contributed by atoms with Gasteiger partial charge in [0.05, 0.1) is 11.3 Å². The molecule has 21 heavy (non-hydrogen) atoms. The Bertz CT molecular complexity index is 681. The Morgan fingerprint density at radius 1 is 1.24 bits per heavy atom. The Kier molecular flexibility index (Phi) is 4.94. The van der Waals surface area contributed by atoms with Gasteiger partial charge >= 0.3 is 0 Å². The average Bonchev–Trinajstić information content (AvgIpc) is 2.74. The fourth-order valence-corrected chi connectivity index (χ4v) is 2.48. The molecule has 1 heterocycles. The predicted octanol–water partition coefficient (Wildman–Crippen LogP) is 1.57. The first-order valence-corrected chi connectivity index (χ1v) is 7.40.